The minimum Gasteiger partial charge on any atom is -0.396 e. The number of nitrogens with two attached hydrogens (primary N) is 2. The van der Waals surface area contributed by atoms with Gasteiger partial charge in [0.2, 0.25) is 0 Å². The van der Waals surface area contributed by atoms with Gasteiger partial charge in [-0.15, -0.1) is 0 Å². The fourth-order valence-electron chi connectivity index (χ4n) is 6.73. The largest absolute Gasteiger partial charge is 0.469 e. The molecular weight excluding hydrogens is 802 g/mol. The summed E-state index contributed by atoms with van der Waals surface area (Å²) in [5.74, 6) is -3.11. The summed E-state index contributed by atoms with van der Waals surface area (Å²) < 4.78 is 29.4. The molecule has 24 nitrogen and oxygen atoms in total. The maximum atomic E-state index is 10.5. The first kappa shape index (κ1) is 53.6. The maximum Gasteiger partial charge on any atom is 0.469 e. The highest BCUT2D eigenvalue weighted by Crippen LogP contribution is 2.40. The molecule has 4 aliphatic rings. The lowest BCUT2D eigenvalue weighted by Crippen LogP contribution is -2.58. The van der Waals surface area contributed by atoms with Crippen molar-refractivity contribution < 1.29 is 109 Å². The normalized spacial score (nSPS) is 44.5. The van der Waals surface area contributed by atoms with Gasteiger partial charge in [-0.25, -0.2) is 9.13 Å². The number of hydrogen-bond acceptors (Lipinski definition) is 20. The van der Waals surface area contributed by atoms with Crippen molar-refractivity contribution >= 4 is 15.6 Å². The van der Waals surface area contributed by atoms with Crippen molar-refractivity contribution in [1.29, 1.82) is 0 Å². The van der Waals surface area contributed by atoms with E-state index in [0.29, 0.717) is 6.42 Å². The second-order valence-corrected chi connectivity index (χ2v) is 17.5. The quantitative estimate of drug-likeness (QED) is 0.101. The van der Waals surface area contributed by atoms with Crippen LogP contribution in [0, 0.1) is 35.5 Å². The van der Waals surface area contributed by atoms with Crippen LogP contribution in [0.3, 0.4) is 0 Å². The molecule has 4 fully saturated rings. The van der Waals surface area contributed by atoms with Crippen LogP contribution in [0.15, 0.2) is 0 Å². The van der Waals surface area contributed by atoms with Gasteiger partial charge in [-0.3, -0.25) is 9.05 Å². The molecule has 22 N–H and O–H groups in total. The summed E-state index contributed by atoms with van der Waals surface area (Å²) in [5, 5.41) is 131. The highest BCUT2D eigenvalue weighted by molar-refractivity contribution is 7.46. The van der Waals surface area contributed by atoms with Crippen LogP contribution in [0.4, 0.5) is 0 Å². The van der Waals surface area contributed by atoms with Gasteiger partial charge in [-0.2, -0.15) is 0 Å². The Balaban J connectivity index is 0.000000377. The fraction of sp³-hybridized carbons (Fsp3) is 1.00. The van der Waals surface area contributed by atoms with E-state index in [-0.39, 0.29) is 38.4 Å². The van der Waals surface area contributed by atoms with Gasteiger partial charge < -0.3 is 103 Å². The van der Waals surface area contributed by atoms with E-state index in [4.69, 9.17) is 41.3 Å². The Bertz CT molecular complexity index is 1120. The Morgan fingerprint density at radius 2 is 0.696 bits per heavy atom. The van der Waals surface area contributed by atoms with E-state index in [1.54, 1.807) is 13.8 Å². The van der Waals surface area contributed by atoms with Crippen LogP contribution in [0.1, 0.15) is 39.5 Å². The molecule has 0 heterocycles. The van der Waals surface area contributed by atoms with Gasteiger partial charge in [0.05, 0.1) is 98.5 Å². The molecule has 0 amide bonds. The SMILES string of the molecule is CC1C(O)CC(CO)C(O)C1O.CC1C(O)CC(COP(=O)(O)O)C(O)C1O.NC1C(O)CC(CO)C(O)C1O.NC1C(O)CC(COP(=O)(O)O)C(O)C1O. The Kier molecular flexibility index (Phi) is 22.5. The second-order valence-electron chi connectivity index (χ2n) is 15.0. The molecule has 4 rings (SSSR count). The molecule has 0 aromatic rings. The molecule has 0 aromatic carbocycles. The van der Waals surface area contributed by atoms with E-state index in [0.717, 1.165) is 0 Å². The van der Waals surface area contributed by atoms with Gasteiger partial charge in [0.25, 0.3) is 0 Å². The van der Waals surface area contributed by atoms with E-state index < -0.39 is 144 Å². The predicted molar refractivity (Wildman–Crippen MR) is 189 cm³/mol. The van der Waals surface area contributed by atoms with Crippen molar-refractivity contribution in [2.24, 2.45) is 47.0 Å². The zero-order valence-corrected chi connectivity index (χ0v) is 32.7. The third-order valence-corrected chi connectivity index (χ3v) is 11.8. The van der Waals surface area contributed by atoms with Gasteiger partial charge in [0.1, 0.15) is 0 Å². The lowest BCUT2D eigenvalue weighted by atomic mass is 9.77. The minimum atomic E-state index is -4.62. The number of hydrogen-bond donors (Lipinski definition) is 20. The van der Waals surface area contributed by atoms with Crippen LogP contribution in [0.5, 0.6) is 0 Å². The van der Waals surface area contributed by atoms with Crippen LogP contribution in [0.25, 0.3) is 0 Å². The van der Waals surface area contributed by atoms with Gasteiger partial charge in [0, 0.05) is 48.7 Å². The minimum absolute atomic E-state index is 0.0133. The summed E-state index contributed by atoms with van der Waals surface area (Å²) in [4.78, 5) is 34.0. The second kappa shape index (κ2) is 23.5. The van der Waals surface area contributed by atoms with Crippen molar-refractivity contribution in [2.45, 2.75) is 125 Å². The molecule has 4 aliphatic carbocycles. The van der Waals surface area contributed by atoms with Gasteiger partial charge in [-0.1, -0.05) is 13.8 Å². The van der Waals surface area contributed by atoms with Crippen molar-refractivity contribution in [3.05, 3.63) is 0 Å². The number of aliphatic hydroxyl groups is 14. The van der Waals surface area contributed by atoms with Crippen molar-refractivity contribution in [1.82, 2.24) is 0 Å². The molecule has 336 valence electrons. The van der Waals surface area contributed by atoms with Gasteiger partial charge in [0.15, 0.2) is 0 Å². The molecule has 0 saturated heterocycles. The number of phosphoric ester groups is 2. The third-order valence-electron chi connectivity index (χ3n) is 10.9. The molecule has 0 aromatic heterocycles. The zero-order chi connectivity index (χ0) is 43.6. The highest BCUT2D eigenvalue weighted by atomic mass is 31.2. The third kappa shape index (κ3) is 16.2. The lowest BCUT2D eigenvalue weighted by molar-refractivity contribution is -0.126. The Labute approximate surface area is 323 Å². The van der Waals surface area contributed by atoms with E-state index in [1.165, 1.54) is 0 Å². The average molecular weight is 867 g/mol. The van der Waals surface area contributed by atoms with Crippen LogP contribution in [0.2, 0.25) is 0 Å². The van der Waals surface area contributed by atoms with Crippen LogP contribution < -0.4 is 11.5 Å². The summed E-state index contributed by atoms with van der Waals surface area (Å²) >= 11 is 0. The highest BCUT2D eigenvalue weighted by Gasteiger charge is 2.44. The molecule has 20 atom stereocenters. The topological polar surface area (TPSA) is 469 Å². The summed E-state index contributed by atoms with van der Waals surface area (Å²) in [6.07, 6.45) is -11.5. The molecule has 4 saturated carbocycles. The van der Waals surface area contributed by atoms with Crippen molar-refractivity contribution in [2.75, 3.05) is 26.4 Å². The van der Waals surface area contributed by atoms with Gasteiger partial charge in [-0.05, 0) is 25.7 Å². The molecule has 0 bridgehead atoms. The summed E-state index contributed by atoms with van der Waals surface area (Å²) in [6.45, 7) is 1.99. The summed E-state index contributed by atoms with van der Waals surface area (Å²) in [5.41, 5.74) is 10.8. The molecule has 20 unspecified atom stereocenters. The summed E-state index contributed by atoms with van der Waals surface area (Å²) in [6, 6.07) is -1.79. The lowest BCUT2D eigenvalue weighted by Gasteiger charge is -2.39. The first-order valence-electron chi connectivity index (χ1n) is 17.9. The van der Waals surface area contributed by atoms with Gasteiger partial charge >= 0.3 is 15.6 Å². The average Bonchev–Trinajstić information content (AvgIpc) is 3.13. The monoisotopic (exact) mass is 866 g/mol. The van der Waals surface area contributed by atoms with Crippen molar-refractivity contribution in [3.8, 4) is 0 Å². The molecule has 0 radical (unpaired) electrons. The van der Waals surface area contributed by atoms with E-state index in [9.17, 15) is 70.4 Å². The Morgan fingerprint density at radius 1 is 0.446 bits per heavy atom. The molecule has 0 aliphatic heterocycles. The van der Waals surface area contributed by atoms with E-state index >= 15 is 0 Å². The Hall–Kier alpha value is -0.420. The summed E-state index contributed by atoms with van der Waals surface area (Å²) in [7, 11) is -9.21. The maximum absolute atomic E-state index is 10.5. The molecule has 0 spiro atoms. The molecular formula is C30H64N2O22P2. The number of phosphoric acid groups is 2. The van der Waals surface area contributed by atoms with E-state index in [1.807, 2.05) is 0 Å². The van der Waals surface area contributed by atoms with Crippen molar-refractivity contribution in [3.63, 3.8) is 0 Å². The molecule has 26 heteroatoms. The Morgan fingerprint density at radius 3 is 1.02 bits per heavy atom. The predicted octanol–water partition coefficient (Wildman–Crippen LogP) is -7.51. The van der Waals surface area contributed by atoms with Crippen LogP contribution in [-0.4, -0.2) is 203 Å². The van der Waals surface area contributed by atoms with Crippen LogP contribution >= 0.6 is 15.6 Å². The first-order chi connectivity index (χ1) is 25.6. The fourth-order valence-corrected chi connectivity index (χ4v) is 7.50. The first-order valence-corrected chi connectivity index (χ1v) is 21.0. The number of aliphatic hydroxyl groups excluding tert-OH is 14. The smallest absolute Gasteiger partial charge is 0.396 e. The standard InChI is InChI=1S/C8H17O7P.C8H16O4.C7H16NO7P.C7H15NO4/c1-4-6(9)2-5(8(11)7(4)10)3-15-16(12,13)14;1-4-6(10)2-5(3-9)8(12)7(4)11;8-5-4(9)1-3(6(10)7(5)11)2-15-16(12,13)14;8-5-4(10)1-3(2-9)6(11)7(5)12/h4-11H,2-3H2,1H3,(H2,12,13,14);4-12H,2-3H2,1H3;3-7,9-11H,1-2,8H2,(H2,12,13,14);3-7,9-12H,1-2,8H2. The molecule has 56 heavy (non-hydrogen) atoms. The van der Waals surface area contributed by atoms with E-state index in [2.05, 4.69) is 9.05 Å². The number of rotatable bonds is 8. The zero-order valence-electron chi connectivity index (χ0n) is 30.9. The van der Waals surface area contributed by atoms with Crippen LogP contribution in [-0.2, 0) is 18.2 Å².